The molecule has 0 unspecified atom stereocenters. The van der Waals surface area contributed by atoms with Gasteiger partial charge in [0.15, 0.2) is 5.96 Å². The van der Waals surface area contributed by atoms with Crippen LogP contribution in [0, 0.1) is 5.82 Å². The Kier molecular flexibility index (Phi) is 6.84. The lowest BCUT2D eigenvalue weighted by Crippen LogP contribution is -2.45. The highest BCUT2D eigenvalue weighted by Gasteiger charge is 2.15. The van der Waals surface area contributed by atoms with Gasteiger partial charge in [0.05, 0.1) is 6.54 Å². The molecule has 126 valence electrons. The van der Waals surface area contributed by atoms with Gasteiger partial charge in [0.1, 0.15) is 5.82 Å². The number of carbonyl (C=O) groups is 1. The van der Waals surface area contributed by atoms with Gasteiger partial charge >= 0.3 is 0 Å². The van der Waals surface area contributed by atoms with Gasteiger partial charge in [-0.15, -0.1) is 0 Å². The summed E-state index contributed by atoms with van der Waals surface area (Å²) in [5.74, 6) is 0.234. The van der Waals surface area contributed by atoms with Crippen molar-refractivity contribution in [1.29, 1.82) is 0 Å². The Morgan fingerprint density at radius 2 is 2.04 bits per heavy atom. The maximum atomic E-state index is 13.1. The molecule has 0 atom stereocenters. The second-order valence-electron chi connectivity index (χ2n) is 5.81. The molecular weight excluding hydrogens is 295 g/mol. The SMILES string of the molecule is CN=C(NCC(=O)NC1CCCCC1)NCc1cccc(F)c1. The molecule has 2 rings (SSSR count). The molecule has 0 saturated heterocycles. The van der Waals surface area contributed by atoms with Crippen molar-refractivity contribution in [3.8, 4) is 0 Å². The van der Waals surface area contributed by atoms with Gasteiger partial charge < -0.3 is 16.0 Å². The van der Waals surface area contributed by atoms with Crippen LogP contribution < -0.4 is 16.0 Å². The van der Waals surface area contributed by atoms with Gasteiger partial charge in [0, 0.05) is 19.6 Å². The zero-order valence-corrected chi connectivity index (χ0v) is 13.6. The van der Waals surface area contributed by atoms with Crippen LogP contribution in [0.5, 0.6) is 0 Å². The predicted molar refractivity (Wildman–Crippen MR) is 89.6 cm³/mol. The van der Waals surface area contributed by atoms with Crippen molar-refractivity contribution in [2.24, 2.45) is 4.99 Å². The van der Waals surface area contributed by atoms with Gasteiger partial charge in [-0.3, -0.25) is 9.79 Å². The van der Waals surface area contributed by atoms with Crippen LogP contribution in [0.2, 0.25) is 0 Å². The summed E-state index contributed by atoms with van der Waals surface area (Å²) in [4.78, 5) is 16.0. The largest absolute Gasteiger partial charge is 0.352 e. The van der Waals surface area contributed by atoms with Crippen LogP contribution in [0.1, 0.15) is 37.7 Å². The molecule has 0 aliphatic heterocycles. The lowest BCUT2D eigenvalue weighted by Gasteiger charge is -2.23. The van der Waals surface area contributed by atoms with Crippen molar-refractivity contribution in [3.05, 3.63) is 35.6 Å². The maximum absolute atomic E-state index is 13.1. The quantitative estimate of drug-likeness (QED) is 0.574. The van der Waals surface area contributed by atoms with E-state index in [0.29, 0.717) is 18.5 Å². The first-order valence-electron chi connectivity index (χ1n) is 8.15. The number of nitrogens with zero attached hydrogens (tertiary/aromatic N) is 1. The average Bonchev–Trinajstić information content (AvgIpc) is 2.56. The Hall–Kier alpha value is -2.11. The molecule has 3 N–H and O–H groups in total. The molecule has 6 heteroatoms. The minimum absolute atomic E-state index is 0.0226. The van der Waals surface area contributed by atoms with Gasteiger partial charge in [0.25, 0.3) is 0 Å². The molecule has 0 aromatic heterocycles. The highest BCUT2D eigenvalue weighted by molar-refractivity contribution is 5.86. The minimum atomic E-state index is -0.265. The summed E-state index contributed by atoms with van der Waals surface area (Å²) in [7, 11) is 1.64. The van der Waals surface area contributed by atoms with E-state index in [4.69, 9.17) is 0 Å². The monoisotopic (exact) mass is 320 g/mol. The fraction of sp³-hybridized carbons (Fsp3) is 0.529. The molecule has 1 aliphatic rings. The van der Waals surface area contributed by atoms with E-state index in [1.165, 1.54) is 31.4 Å². The van der Waals surface area contributed by atoms with Gasteiger partial charge in [-0.05, 0) is 30.5 Å². The Balaban J connectivity index is 1.70. The van der Waals surface area contributed by atoms with E-state index in [1.807, 2.05) is 6.07 Å². The zero-order chi connectivity index (χ0) is 16.5. The summed E-state index contributed by atoms with van der Waals surface area (Å²) in [5, 5.41) is 9.09. The average molecular weight is 320 g/mol. The highest BCUT2D eigenvalue weighted by atomic mass is 19.1. The van der Waals surface area contributed by atoms with Crippen molar-refractivity contribution in [1.82, 2.24) is 16.0 Å². The lowest BCUT2D eigenvalue weighted by molar-refractivity contribution is -0.120. The van der Waals surface area contributed by atoms with Crippen LogP contribution in [0.15, 0.2) is 29.3 Å². The lowest BCUT2D eigenvalue weighted by atomic mass is 9.95. The minimum Gasteiger partial charge on any atom is -0.352 e. The Morgan fingerprint density at radius 1 is 1.26 bits per heavy atom. The fourth-order valence-electron chi connectivity index (χ4n) is 2.74. The second kappa shape index (κ2) is 9.12. The van der Waals surface area contributed by atoms with Crippen LogP contribution in [0.3, 0.4) is 0 Å². The molecule has 0 bridgehead atoms. The molecule has 1 saturated carbocycles. The molecular formula is C17H25FN4O. The van der Waals surface area contributed by atoms with Crippen LogP contribution >= 0.6 is 0 Å². The maximum Gasteiger partial charge on any atom is 0.239 e. The number of hydrogen-bond acceptors (Lipinski definition) is 2. The first-order valence-corrected chi connectivity index (χ1v) is 8.15. The van der Waals surface area contributed by atoms with Gasteiger partial charge in [-0.2, -0.15) is 0 Å². The van der Waals surface area contributed by atoms with Crippen molar-refractivity contribution in [2.45, 2.75) is 44.7 Å². The number of carbonyl (C=O) groups excluding carboxylic acids is 1. The van der Waals surface area contributed by atoms with Crippen molar-refractivity contribution < 1.29 is 9.18 Å². The second-order valence-corrected chi connectivity index (χ2v) is 5.81. The topological polar surface area (TPSA) is 65.5 Å². The number of halogens is 1. The van der Waals surface area contributed by atoms with E-state index >= 15 is 0 Å². The van der Waals surface area contributed by atoms with Crippen LogP contribution in [-0.2, 0) is 11.3 Å². The Labute approximate surface area is 136 Å². The summed E-state index contributed by atoms with van der Waals surface area (Å²) in [6, 6.07) is 6.68. The molecule has 1 fully saturated rings. The number of amides is 1. The van der Waals surface area contributed by atoms with E-state index in [0.717, 1.165) is 18.4 Å². The number of benzene rings is 1. The molecule has 5 nitrogen and oxygen atoms in total. The summed E-state index contributed by atoms with van der Waals surface area (Å²) in [6.45, 7) is 0.626. The van der Waals surface area contributed by atoms with E-state index in [-0.39, 0.29) is 18.3 Å². The van der Waals surface area contributed by atoms with Crippen molar-refractivity contribution in [2.75, 3.05) is 13.6 Å². The number of nitrogens with one attached hydrogen (secondary N) is 3. The third-order valence-electron chi connectivity index (χ3n) is 3.96. The third kappa shape index (κ3) is 6.26. The number of guanidine groups is 1. The van der Waals surface area contributed by atoms with E-state index < -0.39 is 0 Å². The molecule has 1 aromatic rings. The standard InChI is InChI=1S/C17H25FN4O/c1-19-17(20-11-13-6-5-7-14(18)10-13)21-12-16(23)22-15-8-3-2-4-9-15/h5-7,10,15H,2-4,8-9,11-12H2,1H3,(H,22,23)(H2,19,20,21). The predicted octanol–water partition coefficient (Wildman–Crippen LogP) is 1.94. The Morgan fingerprint density at radius 3 is 2.74 bits per heavy atom. The van der Waals surface area contributed by atoms with Crippen LogP contribution in [0.25, 0.3) is 0 Å². The third-order valence-corrected chi connectivity index (χ3v) is 3.96. The van der Waals surface area contributed by atoms with E-state index in [9.17, 15) is 9.18 Å². The summed E-state index contributed by atoms with van der Waals surface area (Å²) in [6.07, 6.45) is 5.78. The van der Waals surface area contributed by atoms with Crippen molar-refractivity contribution in [3.63, 3.8) is 0 Å². The summed E-state index contributed by atoms with van der Waals surface area (Å²) in [5.41, 5.74) is 0.819. The van der Waals surface area contributed by atoms with Crippen molar-refractivity contribution >= 4 is 11.9 Å². The molecule has 23 heavy (non-hydrogen) atoms. The molecule has 0 spiro atoms. The summed E-state index contributed by atoms with van der Waals surface area (Å²) >= 11 is 0. The van der Waals surface area contributed by atoms with E-state index in [2.05, 4.69) is 20.9 Å². The Bertz CT molecular complexity index is 541. The first-order chi connectivity index (χ1) is 11.2. The van der Waals surface area contributed by atoms with Crippen LogP contribution in [-0.4, -0.2) is 31.5 Å². The fourth-order valence-corrected chi connectivity index (χ4v) is 2.74. The normalized spacial score (nSPS) is 16.0. The molecule has 0 radical (unpaired) electrons. The molecule has 1 amide bonds. The number of aliphatic imine (C=N–C) groups is 1. The number of rotatable bonds is 5. The summed E-state index contributed by atoms with van der Waals surface area (Å²) < 4.78 is 13.1. The van der Waals surface area contributed by atoms with Gasteiger partial charge in [-0.1, -0.05) is 31.4 Å². The molecule has 1 aromatic carbocycles. The first kappa shape index (κ1) is 17.2. The highest BCUT2D eigenvalue weighted by Crippen LogP contribution is 2.17. The smallest absolute Gasteiger partial charge is 0.239 e. The van der Waals surface area contributed by atoms with E-state index in [1.54, 1.807) is 13.1 Å². The van der Waals surface area contributed by atoms with Gasteiger partial charge in [0.2, 0.25) is 5.91 Å². The molecule has 0 heterocycles. The number of hydrogen-bond donors (Lipinski definition) is 3. The van der Waals surface area contributed by atoms with Crippen LogP contribution in [0.4, 0.5) is 4.39 Å². The zero-order valence-electron chi connectivity index (χ0n) is 13.6. The van der Waals surface area contributed by atoms with Gasteiger partial charge in [-0.25, -0.2) is 4.39 Å². The molecule has 1 aliphatic carbocycles.